The first-order chi connectivity index (χ1) is 30.5. The molecule has 0 bridgehead atoms. The van der Waals surface area contributed by atoms with Crippen molar-refractivity contribution in [1.29, 1.82) is 0 Å². The summed E-state index contributed by atoms with van der Waals surface area (Å²) < 4.78 is 23.6. The van der Waals surface area contributed by atoms with Crippen LogP contribution in [-0.4, -0.2) is 73.4 Å². The van der Waals surface area contributed by atoms with Crippen molar-refractivity contribution < 1.29 is 32.9 Å². The molecule has 3 N–H and O–H groups in total. The summed E-state index contributed by atoms with van der Waals surface area (Å²) in [5.41, 5.74) is 0. The number of hydrogen-bond donors (Lipinski definition) is 3. The van der Waals surface area contributed by atoms with Gasteiger partial charge in [0.1, 0.15) is 13.2 Å². The van der Waals surface area contributed by atoms with Crippen molar-refractivity contribution in [3.8, 4) is 0 Å². The molecule has 0 spiro atoms. The lowest BCUT2D eigenvalue weighted by molar-refractivity contribution is -0.870. The third-order valence-electron chi connectivity index (χ3n) is 10.8. The highest BCUT2D eigenvalue weighted by Crippen LogP contribution is 2.43. The molecule has 0 rings (SSSR count). The van der Waals surface area contributed by atoms with Gasteiger partial charge in [-0.25, -0.2) is 4.57 Å². The molecule has 3 unspecified atom stereocenters. The molecule has 0 aromatic rings. The molecule has 0 saturated carbocycles. The number of aliphatic hydroxyl groups is 1. The number of hydrogen-bond acceptors (Lipinski definition) is 5. The first-order valence-electron chi connectivity index (χ1n) is 25.5. The number of unbranched alkanes of at least 4 members (excludes halogenated alkanes) is 20. The third-order valence-corrected chi connectivity index (χ3v) is 11.8. The van der Waals surface area contributed by atoms with Gasteiger partial charge in [0.25, 0.3) is 0 Å². The van der Waals surface area contributed by atoms with Crippen molar-refractivity contribution in [2.45, 2.75) is 212 Å². The number of carbonyl (C=O) groups is 1. The average Bonchev–Trinajstić information content (AvgIpc) is 3.24. The number of allylic oxidation sites excluding steroid dienone is 13. The molecule has 0 radical (unpaired) electrons. The fraction of sp³-hybridized carbons (Fsp3) is 0.722. The number of quaternary nitrogens is 1. The Labute approximate surface area is 388 Å². The van der Waals surface area contributed by atoms with Crippen LogP contribution in [0.4, 0.5) is 0 Å². The maximum atomic E-state index is 12.9. The van der Waals surface area contributed by atoms with Crippen LogP contribution in [0.2, 0.25) is 0 Å². The Hall–Kier alpha value is -2.32. The van der Waals surface area contributed by atoms with Crippen LogP contribution in [0.25, 0.3) is 0 Å². The monoisotopic (exact) mass is 902 g/mol. The minimum absolute atomic E-state index is 0.0476. The van der Waals surface area contributed by atoms with E-state index in [0.29, 0.717) is 17.4 Å². The number of likely N-dealkylation sites (N-methyl/N-ethyl adjacent to an activating group) is 1. The van der Waals surface area contributed by atoms with Crippen LogP contribution < -0.4 is 5.32 Å². The summed E-state index contributed by atoms with van der Waals surface area (Å²) >= 11 is 0. The van der Waals surface area contributed by atoms with Crippen molar-refractivity contribution >= 4 is 13.7 Å². The molecule has 0 fully saturated rings. The fourth-order valence-corrected chi connectivity index (χ4v) is 7.58. The van der Waals surface area contributed by atoms with Crippen molar-refractivity contribution in [2.24, 2.45) is 0 Å². The Morgan fingerprint density at radius 2 is 0.968 bits per heavy atom. The number of phosphoric acid groups is 1. The summed E-state index contributed by atoms with van der Waals surface area (Å²) in [4.78, 5) is 23.2. The zero-order valence-electron chi connectivity index (χ0n) is 41.3. The second-order valence-corrected chi connectivity index (χ2v) is 19.6. The summed E-state index contributed by atoms with van der Waals surface area (Å²) in [6.45, 7) is 4.66. The van der Waals surface area contributed by atoms with E-state index in [0.717, 1.165) is 89.9 Å². The third kappa shape index (κ3) is 47.5. The van der Waals surface area contributed by atoms with Gasteiger partial charge in [0, 0.05) is 6.42 Å². The van der Waals surface area contributed by atoms with Crippen molar-refractivity contribution in [3.05, 3.63) is 85.1 Å². The van der Waals surface area contributed by atoms with Crippen molar-refractivity contribution in [2.75, 3.05) is 40.9 Å². The molecule has 0 heterocycles. The molecular formula is C54H98N2O6P+. The summed E-state index contributed by atoms with van der Waals surface area (Å²) in [6.07, 6.45) is 62.4. The van der Waals surface area contributed by atoms with Gasteiger partial charge < -0.3 is 19.8 Å². The number of phosphoric ester groups is 1. The number of amides is 1. The summed E-state index contributed by atoms with van der Waals surface area (Å²) in [6, 6.07) is -0.879. The molecule has 63 heavy (non-hydrogen) atoms. The Kier molecular flexibility index (Phi) is 43.2. The minimum atomic E-state index is -4.36. The molecule has 0 aromatic heterocycles. The van der Waals surface area contributed by atoms with Gasteiger partial charge in [0.05, 0.1) is 39.9 Å². The Morgan fingerprint density at radius 1 is 0.556 bits per heavy atom. The molecule has 0 saturated heterocycles. The maximum absolute atomic E-state index is 12.9. The van der Waals surface area contributed by atoms with E-state index in [1.807, 2.05) is 27.2 Å². The van der Waals surface area contributed by atoms with Crippen molar-refractivity contribution in [3.63, 3.8) is 0 Å². The van der Waals surface area contributed by atoms with E-state index in [-0.39, 0.29) is 19.1 Å². The number of nitrogens with zero attached hydrogens (tertiary/aromatic N) is 1. The number of nitrogens with one attached hydrogen (secondary N) is 1. The number of rotatable bonds is 45. The lowest BCUT2D eigenvalue weighted by Crippen LogP contribution is -2.45. The van der Waals surface area contributed by atoms with E-state index in [1.165, 1.54) is 89.9 Å². The molecule has 0 aliphatic rings. The van der Waals surface area contributed by atoms with E-state index < -0.39 is 20.0 Å². The van der Waals surface area contributed by atoms with E-state index in [9.17, 15) is 19.4 Å². The van der Waals surface area contributed by atoms with E-state index in [1.54, 1.807) is 6.08 Å². The predicted octanol–water partition coefficient (Wildman–Crippen LogP) is 14.9. The average molecular weight is 902 g/mol. The first-order valence-corrected chi connectivity index (χ1v) is 27.0. The largest absolute Gasteiger partial charge is 0.472 e. The van der Waals surface area contributed by atoms with Gasteiger partial charge >= 0.3 is 7.82 Å². The highest BCUT2D eigenvalue weighted by molar-refractivity contribution is 7.47. The predicted molar refractivity (Wildman–Crippen MR) is 272 cm³/mol. The maximum Gasteiger partial charge on any atom is 0.472 e. The molecule has 8 nitrogen and oxygen atoms in total. The van der Waals surface area contributed by atoms with Crippen molar-refractivity contribution in [1.82, 2.24) is 5.32 Å². The SMILES string of the molecule is CC/C=C\C/C=C\C/C=C\C/C=C\C/C=C\CCCCCCCC(=O)NC(COP(=O)(O)OCC[N+](C)(C)C)C(O)/C=C/CC/C=C/CCCCCCCCCCCCCCCC. The lowest BCUT2D eigenvalue weighted by Gasteiger charge is -2.25. The lowest BCUT2D eigenvalue weighted by atomic mass is 10.0. The molecule has 364 valence electrons. The van der Waals surface area contributed by atoms with Crippen LogP contribution in [0.15, 0.2) is 85.1 Å². The quantitative estimate of drug-likeness (QED) is 0.0243. The smallest absolute Gasteiger partial charge is 0.387 e. The van der Waals surface area contributed by atoms with Gasteiger partial charge in [0.2, 0.25) is 5.91 Å². The van der Waals surface area contributed by atoms with Crippen LogP contribution >= 0.6 is 7.82 Å². The topological polar surface area (TPSA) is 105 Å². The molecule has 3 atom stereocenters. The second-order valence-electron chi connectivity index (χ2n) is 18.2. The molecule has 1 amide bonds. The summed E-state index contributed by atoms with van der Waals surface area (Å²) in [5, 5.41) is 13.9. The highest BCUT2D eigenvalue weighted by atomic mass is 31.2. The van der Waals surface area contributed by atoms with Gasteiger partial charge in [-0.3, -0.25) is 13.8 Å². The van der Waals surface area contributed by atoms with Gasteiger partial charge in [0.15, 0.2) is 0 Å². The fourth-order valence-electron chi connectivity index (χ4n) is 6.85. The summed E-state index contributed by atoms with van der Waals surface area (Å²) in [5.74, 6) is -0.208. The summed E-state index contributed by atoms with van der Waals surface area (Å²) in [7, 11) is 1.53. The molecule has 0 aliphatic heterocycles. The van der Waals surface area contributed by atoms with Crippen LogP contribution in [0.5, 0.6) is 0 Å². The Morgan fingerprint density at radius 3 is 1.46 bits per heavy atom. The molecular weight excluding hydrogens is 804 g/mol. The highest BCUT2D eigenvalue weighted by Gasteiger charge is 2.27. The van der Waals surface area contributed by atoms with E-state index in [4.69, 9.17) is 9.05 Å². The second kappa shape index (κ2) is 44.9. The Bertz CT molecular complexity index is 1300. The molecule has 0 aliphatic carbocycles. The van der Waals surface area contributed by atoms with E-state index >= 15 is 0 Å². The molecule has 9 heteroatoms. The van der Waals surface area contributed by atoms with E-state index in [2.05, 4.69) is 92.1 Å². The Balaban J connectivity index is 4.43. The number of aliphatic hydroxyl groups excluding tert-OH is 1. The van der Waals surface area contributed by atoms with Crippen LogP contribution in [0.1, 0.15) is 200 Å². The van der Waals surface area contributed by atoms with Crippen LogP contribution in [0, 0.1) is 0 Å². The normalized spacial score (nSPS) is 14.8. The van der Waals surface area contributed by atoms with Crippen LogP contribution in [0.3, 0.4) is 0 Å². The van der Waals surface area contributed by atoms with Gasteiger partial charge in [-0.15, -0.1) is 0 Å². The van der Waals surface area contributed by atoms with Gasteiger partial charge in [-0.2, -0.15) is 0 Å². The zero-order valence-corrected chi connectivity index (χ0v) is 42.2. The minimum Gasteiger partial charge on any atom is -0.387 e. The van der Waals surface area contributed by atoms with Crippen LogP contribution in [-0.2, 0) is 18.4 Å². The first kappa shape index (κ1) is 60.7. The molecule has 0 aromatic carbocycles. The number of carbonyl (C=O) groups excluding carboxylic acids is 1. The zero-order chi connectivity index (χ0) is 46.4. The van der Waals surface area contributed by atoms with Gasteiger partial charge in [-0.05, 0) is 77.0 Å². The standard InChI is InChI=1S/C54H97N2O6P/c1-6-8-10-12-14-16-18-20-22-24-26-28-30-32-34-36-38-40-42-44-46-48-54(58)55-52(51-62-63(59,60)61-50-49-56(3,4)5)53(57)47-45-43-41-39-37-35-33-31-29-27-25-23-21-19-17-15-13-11-9-7-2/h8,10,14,16,20,22,26,28,32,34,37,39,45,47,52-53,57H,6-7,9,11-13,15,17-19,21,23-25,27,29-31,33,35-36,38,40-44,46,48-51H2,1-5H3,(H-,55,58,59,60)/p+1/b10-8-,16-14-,22-20-,28-26-,34-32-,39-37+,47-45+. The van der Waals surface area contributed by atoms with Gasteiger partial charge in [-0.1, -0.05) is 202 Å².